The van der Waals surface area contributed by atoms with E-state index >= 15 is 0 Å². The van der Waals surface area contributed by atoms with Gasteiger partial charge >= 0.3 is 0 Å². The van der Waals surface area contributed by atoms with Crippen molar-refractivity contribution in [1.29, 1.82) is 0 Å². The minimum absolute atomic E-state index is 0.0744. The molecule has 2 aromatic carbocycles. The van der Waals surface area contributed by atoms with Crippen LogP contribution in [-0.2, 0) is 5.92 Å². The van der Waals surface area contributed by atoms with Crippen LogP contribution < -0.4 is 10.1 Å². The quantitative estimate of drug-likeness (QED) is 0.893. The number of ether oxygens (including phenoxy) is 1. The molecule has 2 aromatic rings. The van der Waals surface area contributed by atoms with Gasteiger partial charge in [0.05, 0.1) is 13.7 Å². The standard InChI is InChI=1S/C15H14F3NO/c1-20-14-8-7-12(9-13(14)16)19-10-15(17,18)11-5-3-2-4-6-11/h2-9,19H,10H2,1H3. The summed E-state index contributed by atoms with van der Waals surface area (Å²) in [5.41, 5.74) is 0.195. The van der Waals surface area contributed by atoms with E-state index in [-0.39, 0.29) is 17.0 Å². The zero-order valence-electron chi connectivity index (χ0n) is 10.9. The van der Waals surface area contributed by atoms with Gasteiger partial charge in [0.25, 0.3) is 5.92 Å². The summed E-state index contributed by atoms with van der Waals surface area (Å²) in [4.78, 5) is 0. The van der Waals surface area contributed by atoms with Crippen LogP contribution in [0.1, 0.15) is 5.56 Å². The molecule has 2 rings (SSSR count). The third kappa shape index (κ3) is 3.23. The lowest BCUT2D eigenvalue weighted by molar-refractivity contribution is 0.0106. The zero-order chi connectivity index (χ0) is 14.6. The molecule has 0 aliphatic carbocycles. The first kappa shape index (κ1) is 14.2. The van der Waals surface area contributed by atoms with Crippen LogP contribution in [0.25, 0.3) is 0 Å². The van der Waals surface area contributed by atoms with Gasteiger partial charge in [-0.15, -0.1) is 0 Å². The van der Waals surface area contributed by atoms with E-state index in [0.717, 1.165) is 6.07 Å². The second kappa shape index (κ2) is 5.86. The van der Waals surface area contributed by atoms with Gasteiger partial charge in [0.15, 0.2) is 11.6 Å². The molecular formula is C15H14F3NO. The number of benzene rings is 2. The molecule has 0 aliphatic heterocycles. The predicted molar refractivity (Wildman–Crippen MR) is 71.8 cm³/mol. The lowest BCUT2D eigenvalue weighted by atomic mass is 10.1. The highest BCUT2D eigenvalue weighted by molar-refractivity contribution is 5.47. The van der Waals surface area contributed by atoms with Crippen molar-refractivity contribution in [2.75, 3.05) is 19.0 Å². The maximum Gasteiger partial charge on any atom is 0.290 e. The monoisotopic (exact) mass is 281 g/mol. The summed E-state index contributed by atoms with van der Waals surface area (Å²) in [6, 6.07) is 11.5. The van der Waals surface area contributed by atoms with Gasteiger partial charge in [0.1, 0.15) is 0 Å². The second-order valence-corrected chi connectivity index (χ2v) is 4.27. The maximum absolute atomic E-state index is 13.9. The Hall–Kier alpha value is -2.17. The third-order valence-electron chi connectivity index (χ3n) is 2.86. The van der Waals surface area contributed by atoms with Crippen LogP contribution in [0.2, 0.25) is 0 Å². The molecule has 0 fully saturated rings. The minimum atomic E-state index is -3.03. The lowest BCUT2D eigenvalue weighted by Crippen LogP contribution is -2.24. The highest BCUT2D eigenvalue weighted by atomic mass is 19.3. The number of halogens is 3. The Morgan fingerprint density at radius 1 is 1.10 bits per heavy atom. The number of alkyl halides is 2. The van der Waals surface area contributed by atoms with E-state index in [4.69, 9.17) is 4.74 Å². The molecule has 0 unspecified atom stereocenters. The zero-order valence-corrected chi connectivity index (χ0v) is 10.9. The van der Waals surface area contributed by atoms with Crippen molar-refractivity contribution < 1.29 is 17.9 Å². The number of anilines is 1. The van der Waals surface area contributed by atoms with Gasteiger partial charge in [-0.2, -0.15) is 8.78 Å². The fourth-order valence-electron chi connectivity index (χ4n) is 1.77. The van der Waals surface area contributed by atoms with E-state index in [1.165, 1.54) is 31.4 Å². The largest absolute Gasteiger partial charge is 0.494 e. The van der Waals surface area contributed by atoms with Gasteiger partial charge in [-0.05, 0) is 12.1 Å². The van der Waals surface area contributed by atoms with E-state index in [0.29, 0.717) is 0 Å². The summed E-state index contributed by atoms with van der Waals surface area (Å²) in [7, 11) is 1.34. The van der Waals surface area contributed by atoms with Crippen LogP contribution in [0.15, 0.2) is 48.5 Å². The topological polar surface area (TPSA) is 21.3 Å². The molecule has 0 aromatic heterocycles. The van der Waals surface area contributed by atoms with Gasteiger partial charge in [-0.1, -0.05) is 30.3 Å². The van der Waals surface area contributed by atoms with E-state index in [2.05, 4.69) is 5.32 Å². The average Bonchev–Trinajstić information content (AvgIpc) is 2.46. The smallest absolute Gasteiger partial charge is 0.290 e. The summed E-state index contributed by atoms with van der Waals surface area (Å²) < 4.78 is 46.0. The molecular weight excluding hydrogens is 267 g/mol. The first-order valence-electron chi connectivity index (χ1n) is 6.04. The van der Waals surface area contributed by atoms with Crippen LogP contribution in [-0.4, -0.2) is 13.7 Å². The van der Waals surface area contributed by atoms with Crippen LogP contribution in [0.3, 0.4) is 0 Å². The molecule has 0 saturated heterocycles. The number of nitrogens with one attached hydrogen (secondary N) is 1. The molecule has 106 valence electrons. The third-order valence-corrected chi connectivity index (χ3v) is 2.86. The highest BCUT2D eigenvalue weighted by Crippen LogP contribution is 2.28. The molecule has 2 nitrogen and oxygen atoms in total. The van der Waals surface area contributed by atoms with Gasteiger partial charge in [-0.3, -0.25) is 0 Å². The van der Waals surface area contributed by atoms with Crippen molar-refractivity contribution in [2.24, 2.45) is 0 Å². The van der Waals surface area contributed by atoms with Crippen molar-refractivity contribution >= 4 is 5.69 Å². The first-order valence-corrected chi connectivity index (χ1v) is 6.04. The molecule has 1 N–H and O–H groups in total. The van der Waals surface area contributed by atoms with E-state index in [1.54, 1.807) is 18.2 Å². The van der Waals surface area contributed by atoms with Gasteiger partial charge in [-0.25, -0.2) is 4.39 Å². The Labute approximate surface area is 115 Å². The predicted octanol–water partition coefficient (Wildman–Crippen LogP) is 4.04. The molecule has 0 amide bonds. The number of hydrogen-bond donors (Lipinski definition) is 1. The molecule has 0 aliphatic rings. The van der Waals surface area contributed by atoms with Crippen molar-refractivity contribution in [3.8, 4) is 5.75 Å². The molecule has 0 spiro atoms. The average molecular weight is 281 g/mol. The van der Waals surface area contributed by atoms with Crippen molar-refractivity contribution in [3.63, 3.8) is 0 Å². The number of rotatable bonds is 5. The summed E-state index contributed by atoms with van der Waals surface area (Å²) >= 11 is 0. The molecule has 0 heterocycles. The second-order valence-electron chi connectivity index (χ2n) is 4.27. The van der Waals surface area contributed by atoms with Crippen molar-refractivity contribution in [3.05, 3.63) is 59.9 Å². The number of hydrogen-bond acceptors (Lipinski definition) is 2. The van der Waals surface area contributed by atoms with Crippen molar-refractivity contribution in [1.82, 2.24) is 0 Å². The van der Waals surface area contributed by atoms with Crippen LogP contribution in [0.4, 0.5) is 18.9 Å². The Balaban J connectivity index is 2.06. The first-order chi connectivity index (χ1) is 9.53. The summed E-state index contributed by atoms with van der Waals surface area (Å²) in [6.45, 7) is -0.608. The van der Waals surface area contributed by atoms with Gasteiger partial charge < -0.3 is 10.1 Å². The van der Waals surface area contributed by atoms with Crippen LogP contribution in [0, 0.1) is 5.82 Å². The van der Waals surface area contributed by atoms with E-state index < -0.39 is 18.3 Å². The fourth-order valence-corrected chi connectivity index (χ4v) is 1.77. The highest BCUT2D eigenvalue weighted by Gasteiger charge is 2.30. The molecule has 0 atom stereocenters. The maximum atomic E-state index is 13.9. The Bertz CT molecular complexity index is 573. The summed E-state index contributed by atoms with van der Waals surface area (Å²) in [6.07, 6.45) is 0. The normalized spacial score (nSPS) is 11.2. The molecule has 0 radical (unpaired) electrons. The van der Waals surface area contributed by atoms with Crippen molar-refractivity contribution in [2.45, 2.75) is 5.92 Å². The Morgan fingerprint density at radius 3 is 2.40 bits per heavy atom. The number of methoxy groups -OCH3 is 1. The van der Waals surface area contributed by atoms with Crippen LogP contribution in [0.5, 0.6) is 5.75 Å². The molecule has 0 saturated carbocycles. The molecule has 0 bridgehead atoms. The van der Waals surface area contributed by atoms with Gasteiger partial charge in [0, 0.05) is 17.3 Å². The molecule has 5 heteroatoms. The minimum Gasteiger partial charge on any atom is -0.494 e. The lowest BCUT2D eigenvalue weighted by Gasteiger charge is -2.18. The van der Waals surface area contributed by atoms with Crippen LogP contribution >= 0.6 is 0 Å². The van der Waals surface area contributed by atoms with E-state index in [9.17, 15) is 13.2 Å². The SMILES string of the molecule is COc1ccc(NCC(F)(F)c2ccccc2)cc1F. The van der Waals surface area contributed by atoms with E-state index in [1.807, 2.05) is 0 Å². The fraction of sp³-hybridized carbons (Fsp3) is 0.200. The Kier molecular flexibility index (Phi) is 4.17. The summed E-state index contributed by atoms with van der Waals surface area (Å²) in [5, 5.41) is 2.53. The van der Waals surface area contributed by atoms with Gasteiger partial charge in [0.2, 0.25) is 0 Å². The molecule has 20 heavy (non-hydrogen) atoms. The summed E-state index contributed by atoms with van der Waals surface area (Å²) in [5.74, 6) is -3.55. The Morgan fingerprint density at radius 2 is 1.80 bits per heavy atom.